The van der Waals surface area contributed by atoms with Gasteiger partial charge in [0.2, 0.25) is 0 Å². The van der Waals surface area contributed by atoms with Crippen molar-refractivity contribution in [1.29, 1.82) is 0 Å². The van der Waals surface area contributed by atoms with Gasteiger partial charge in [-0.05, 0) is 25.0 Å². The number of nitrogens with zero attached hydrogens (tertiary/aromatic N) is 1. The molecule has 0 saturated carbocycles. The van der Waals surface area contributed by atoms with Crippen molar-refractivity contribution < 1.29 is 8.42 Å². The molecule has 1 saturated heterocycles. The van der Waals surface area contributed by atoms with E-state index in [0.717, 1.165) is 23.7 Å². The van der Waals surface area contributed by atoms with Crippen LogP contribution >= 0.6 is 15.9 Å². The van der Waals surface area contributed by atoms with Crippen molar-refractivity contribution in [3.8, 4) is 0 Å². The second-order valence-corrected chi connectivity index (χ2v) is 7.54. The van der Waals surface area contributed by atoms with E-state index in [1.165, 1.54) is 0 Å². The molecule has 1 aliphatic rings. The maximum absolute atomic E-state index is 11.8. The molecule has 0 aromatic carbocycles. The summed E-state index contributed by atoms with van der Waals surface area (Å²) in [5.74, 6) is 1.03. The molecule has 1 aromatic heterocycles. The molecule has 1 aromatic rings. The zero-order valence-electron chi connectivity index (χ0n) is 9.39. The highest BCUT2D eigenvalue weighted by atomic mass is 79.9. The molecule has 6 heteroatoms. The second kappa shape index (κ2) is 5.35. The summed E-state index contributed by atoms with van der Waals surface area (Å²) >= 11 is 3.35. The van der Waals surface area contributed by atoms with Crippen LogP contribution in [0, 0.1) is 0 Å². The fourth-order valence-electron chi connectivity index (χ4n) is 1.97. The van der Waals surface area contributed by atoms with Gasteiger partial charge in [-0.15, -0.1) is 0 Å². The van der Waals surface area contributed by atoms with Crippen LogP contribution in [0.3, 0.4) is 0 Å². The van der Waals surface area contributed by atoms with Gasteiger partial charge in [-0.3, -0.25) is 0 Å². The van der Waals surface area contributed by atoms with Crippen LogP contribution in [0.25, 0.3) is 0 Å². The Morgan fingerprint density at radius 1 is 1.47 bits per heavy atom. The Hall–Kier alpha value is -0.620. The summed E-state index contributed by atoms with van der Waals surface area (Å²) in [5, 5.41) is 2.82. The molecule has 0 aliphatic carbocycles. The van der Waals surface area contributed by atoms with Crippen LogP contribution in [-0.4, -0.2) is 30.9 Å². The van der Waals surface area contributed by atoms with Crippen molar-refractivity contribution in [2.45, 2.75) is 24.5 Å². The molecular weight excluding hydrogens is 304 g/mol. The quantitative estimate of drug-likeness (QED) is 0.928. The molecule has 1 aliphatic heterocycles. The standard InChI is InChI=1S/C11H15BrN2O2S/c12-9-4-5-13-11(7-9)14-8-10-3-1-2-6-17(10,15)16/h4-5,7,10H,1-3,6,8H2,(H,13,14). The Morgan fingerprint density at radius 3 is 3.00 bits per heavy atom. The summed E-state index contributed by atoms with van der Waals surface area (Å²) in [5.41, 5.74) is 0. The van der Waals surface area contributed by atoms with E-state index < -0.39 is 9.84 Å². The van der Waals surface area contributed by atoms with Gasteiger partial charge in [0.05, 0.1) is 11.0 Å². The third-order valence-electron chi connectivity index (χ3n) is 2.95. The lowest BCUT2D eigenvalue weighted by molar-refractivity contribution is 0.544. The minimum Gasteiger partial charge on any atom is -0.369 e. The fraction of sp³-hybridized carbons (Fsp3) is 0.545. The molecule has 0 spiro atoms. The number of rotatable bonds is 3. The van der Waals surface area contributed by atoms with Crippen molar-refractivity contribution in [3.05, 3.63) is 22.8 Å². The second-order valence-electron chi connectivity index (χ2n) is 4.22. The van der Waals surface area contributed by atoms with Gasteiger partial charge < -0.3 is 5.32 Å². The topological polar surface area (TPSA) is 59.1 Å². The number of sulfone groups is 1. The molecule has 0 radical (unpaired) electrons. The number of nitrogens with one attached hydrogen (secondary N) is 1. The van der Waals surface area contributed by atoms with E-state index in [9.17, 15) is 8.42 Å². The highest BCUT2D eigenvalue weighted by Gasteiger charge is 2.28. The summed E-state index contributed by atoms with van der Waals surface area (Å²) in [4.78, 5) is 4.14. The third kappa shape index (κ3) is 3.42. The molecule has 2 rings (SSSR count). The molecule has 17 heavy (non-hydrogen) atoms. The summed E-state index contributed by atoms with van der Waals surface area (Å²) in [6, 6.07) is 3.68. The van der Waals surface area contributed by atoms with Crippen molar-refractivity contribution in [1.82, 2.24) is 4.98 Å². The first kappa shape index (κ1) is 12.8. The minimum atomic E-state index is -2.91. The van der Waals surface area contributed by atoms with Gasteiger partial charge in [0.1, 0.15) is 5.82 Å². The van der Waals surface area contributed by atoms with E-state index in [1.807, 2.05) is 12.1 Å². The van der Waals surface area contributed by atoms with Crippen LogP contribution in [0.5, 0.6) is 0 Å². The zero-order chi connectivity index (χ0) is 12.3. The summed E-state index contributed by atoms with van der Waals surface area (Å²) in [6.45, 7) is 0.450. The number of halogens is 1. The Labute approximate surface area is 110 Å². The lowest BCUT2D eigenvalue weighted by Crippen LogP contribution is -2.34. The van der Waals surface area contributed by atoms with Crippen LogP contribution in [0.4, 0.5) is 5.82 Å². The van der Waals surface area contributed by atoms with Crippen LogP contribution in [0.1, 0.15) is 19.3 Å². The molecule has 94 valence electrons. The molecule has 4 nitrogen and oxygen atoms in total. The van der Waals surface area contributed by atoms with Crippen molar-refractivity contribution in [2.75, 3.05) is 17.6 Å². The number of hydrogen-bond acceptors (Lipinski definition) is 4. The largest absolute Gasteiger partial charge is 0.369 e. The number of anilines is 1. The van der Waals surface area contributed by atoms with Gasteiger partial charge in [-0.25, -0.2) is 13.4 Å². The van der Waals surface area contributed by atoms with Crippen LogP contribution < -0.4 is 5.32 Å². The van der Waals surface area contributed by atoms with E-state index in [-0.39, 0.29) is 5.25 Å². The molecule has 1 unspecified atom stereocenters. The lowest BCUT2D eigenvalue weighted by atomic mass is 10.2. The fourth-order valence-corrected chi connectivity index (χ4v) is 4.11. The third-order valence-corrected chi connectivity index (χ3v) is 5.71. The molecule has 1 atom stereocenters. The maximum Gasteiger partial charge on any atom is 0.154 e. The predicted octanol–water partition coefficient (Wildman–Crippen LogP) is 2.22. The van der Waals surface area contributed by atoms with Gasteiger partial charge in [-0.2, -0.15) is 0 Å². The SMILES string of the molecule is O=S1(=O)CCCCC1CNc1cc(Br)ccn1. The van der Waals surface area contributed by atoms with Crippen LogP contribution in [0.15, 0.2) is 22.8 Å². The number of pyridine rings is 1. The Balaban J connectivity index is 1.98. The summed E-state index contributed by atoms with van der Waals surface area (Å²) in [7, 11) is -2.91. The molecule has 0 bridgehead atoms. The van der Waals surface area contributed by atoms with E-state index >= 15 is 0 Å². The first-order valence-electron chi connectivity index (χ1n) is 5.65. The molecule has 1 fully saturated rings. The van der Waals surface area contributed by atoms with Crippen molar-refractivity contribution in [2.24, 2.45) is 0 Å². The highest BCUT2D eigenvalue weighted by Crippen LogP contribution is 2.20. The normalized spacial score (nSPS) is 23.2. The highest BCUT2D eigenvalue weighted by molar-refractivity contribution is 9.10. The molecule has 0 amide bonds. The van der Waals surface area contributed by atoms with E-state index in [1.54, 1.807) is 6.20 Å². The van der Waals surface area contributed by atoms with Gasteiger partial charge in [0, 0.05) is 17.2 Å². The van der Waals surface area contributed by atoms with Gasteiger partial charge >= 0.3 is 0 Å². The van der Waals surface area contributed by atoms with Crippen LogP contribution in [-0.2, 0) is 9.84 Å². The van der Waals surface area contributed by atoms with E-state index in [2.05, 4.69) is 26.2 Å². The Morgan fingerprint density at radius 2 is 2.29 bits per heavy atom. The summed E-state index contributed by atoms with van der Waals surface area (Å²) < 4.78 is 24.5. The van der Waals surface area contributed by atoms with Gasteiger partial charge in [0.25, 0.3) is 0 Å². The van der Waals surface area contributed by atoms with Crippen molar-refractivity contribution in [3.63, 3.8) is 0 Å². The average molecular weight is 319 g/mol. The molecular formula is C11H15BrN2O2S. The monoisotopic (exact) mass is 318 g/mol. The predicted molar refractivity (Wildman–Crippen MR) is 71.9 cm³/mol. The smallest absolute Gasteiger partial charge is 0.154 e. The van der Waals surface area contributed by atoms with E-state index in [4.69, 9.17) is 0 Å². The average Bonchev–Trinajstić information content (AvgIpc) is 2.27. The summed E-state index contributed by atoms with van der Waals surface area (Å²) in [6.07, 6.45) is 4.23. The zero-order valence-corrected chi connectivity index (χ0v) is 11.8. The molecule has 2 heterocycles. The van der Waals surface area contributed by atoms with Gasteiger partial charge in [0.15, 0.2) is 9.84 Å². The molecule has 1 N–H and O–H groups in total. The number of aromatic nitrogens is 1. The van der Waals surface area contributed by atoms with E-state index in [0.29, 0.717) is 18.1 Å². The number of hydrogen-bond donors (Lipinski definition) is 1. The lowest BCUT2D eigenvalue weighted by Gasteiger charge is -2.22. The maximum atomic E-state index is 11.8. The van der Waals surface area contributed by atoms with Crippen molar-refractivity contribution >= 4 is 31.6 Å². The minimum absolute atomic E-state index is 0.267. The van der Waals surface area contributed by atoms with Gasteiger partial charge in [-0.1, -0.05) is 22.4 Å². The Bertz CT molecular complexity index is 490. The first-order chi connectivity index (χ1) is 8.08. The van der Waals surface area contributed by atoms with Crippen LogP contribution in [0.2, 0.25) is 0 Å². The Kier molecular flexibility index (Phi) is 4.04. The first-order valence-corrected chi connectivity index (χ1v) is 8.16.